The minimum atomic E-state index is -0.599. The maximum absolute atomic E-state index is 13.9. The monoisotopic (exact) mass is 600 g/mol. The van der Waals surface area contributed by atoms with Gasteiger partial charge < -0.3 is 20.8 Å². The Morgan fingerprint density at radius 3 is 1.41 bits per heavy atom. The molecule has 0 aliphatic rings. The lowest BCUT2D eigenvalue weighted by molar-refractivity contribution is 0.0905. The van der Waals surface area contributed by atoms with Crippen LogP contribution in [0.4, 0.5) is 0 Å². The first-order valence-corrected chi connectivity index (χ1v) is 15.4. The van der Waals surface area contributed by atoms with Crippen molar-refractivity contribution in [2.24, 2.45) is 0 Å². The number of hydrogen-bond acceptors (Lipinski definition) is 4. The molecular weight excluding hydrogens is 548 g/mol. The highest BCUT2D eigenvalue weighted by molar-refractivity contribution is 5.99. The second-order valence-electron chi connectivity index (χ2n) is 16.0. The number of aromatic hydroxyl groups is 2. The number of carbonyl (C=O) groups is 2. The van der Waals surface area contributed by atoms with Crippen LogP contribution in [0.5, 0.6) is 11.5 Å². The number of carbonyl (C=O) groups excluding carboxylic acids is 2. The Hall–Kier alpha value is -3.80. The van der Waals surface area contributed by atoms with E-state index in [1.807, 2.05) is 84.0 Å². The van der Waals surface area contributed by atoms with Crippen molar-refractivity contribution in [3.63, 3.8) is 0 Å². The van der Waals surface area contributed by atoms with Crippen molar-refractivity contribution >= 4 is 11.8 Å². The standard InChI is InChI=1S/C38H52N2O4/c1-35(2,3)24-18-26(31(41)28(20-24)37(7,8)9)33(43)39-22-30(23-16-14-13-15-17-23)40-34(44)27-19-25(36(4,5)6)21-29(32(27)42)38(10,11)12/h13-21,30,41-42H,22H2,1-12H3,(H,39,43)(H,40,44)/t30-/m0/s1. The van der Waals surface area contributed by atoms with E-state index in [0.717, 1.165) is 16.7 Å². The summed E-state index contributed by atoms with van der Waals surface area (Å²) in [5.41, 5.74) is 3.23. The van der Waals surface area contributed by atoms with Crippen LogP contribution in [-0.4, -0.2) is 28.6 Å². The van der Waals surface area contributed by atoms with Crippen molar-refractivity contribution in [2.45, 2.75) is 111 Å². The third-order valence-electron chi connectivity index (χ3n) is 8.03. The third-order valence-corrected chi connectivity index (χ3v) is 8.03. The van der Waals surface area contributed by atoms with Crippen LogP contribution in [-0.2, 0) is 21.7 Å². The summed E-state index contributed by atoms with van der Waals surface area (Å²) in [6.07, 6.45) is 0. The summed E-state index contributed by atoms with van der Waals surface area (Å²) >= 11 is 0. The highest BCUT2D eigenvalue weighted by Gasteiger charge is 2.30. The van der Waals surface area contributed by atoms with Crippen LogP contribution in [0.25, 0.3) is 0 Å². The smallest absolute Gasteiger partial charge is 0.255 e. The lowest BCUT2D eigenvalue weighted by atomic mass is 9.78. The first kappa shape index (κ1) is 34.7. The molecule has 3 aromatic carbocycles. The summed E-state index contributed by atoms with van der Waals surface area (Å²) in [7, 11) is 0. The highest BCUT2D eigenvalue weighted by Crippen LogP contribution is 2.39. The first-order valence-electron chi connectivity index (χ1n) is 15.4. The van der Waals surface area contributed by atoms with Crippen molar-refractivity contribution in [3.8, 4) is 11.5 Å². The van der Waals surface area contributed by atoms with Gasteiger partial charge in [-0.3, -0.25) is 9.59 Å². The maximum atomic E-state index is 13.9. The third kappa shape index (κ3) is 8.02. The van der Waals surface area contributed by atoms with Gasteiger partial charge in [-0.25, -0.2) is 0 Å². The molecule has 3 rings (SSSR count). The SMILES string of the molecule is CC(C)(C)c1cc(C(=O)NC[C@H](NC(=O)c2cc(C(C)(C)C)cc(C(C)(C)C)c2O)c2ccccc2)c(O)c(C(C)(C)C)c1. The second-order valence-corrected chi connectivity index (χ2v) is 16.0. The van der Waals surface area contributed by atoms with E-state index in [1.165, 1.54) is 0 Å². The summed E-state index contributed by atoms with van der Waals surface area (Å²) in [5, 5.41) is 28.5. The molecule has 0 bridgehead atoms. The minimum Gasteiger partial charge on any atom is -0.507 e. The van der Waals surface area contributed by atoms with Gasteiger partial charge in [0.25, 0.3) is 11.8 Å². The molecule has 0 spiro atoms. The van der Waals surface area contributed by atoms with E-state index in [2.05, 4.69) is 52.2 Å². The molecule has 6 heteroatoms. The average molecular weight is 601 g/mol. The fourth-order valence-electron chi connectivity index (χ4n) is 5.09. The molecule has 0 fully saturated rings. The topological polar surface area (TPSA) is 98.7 Å². The van der Waals surface area contributed by atoms with Crippen molar-refractivity contribution < 1.29 is 19.8 Å². The Labute approximate surface area is 264 Å². The van der Waals surface area contributed by atoms with Crippen LogP contribution in [0.1, 0.15) is 138 Å². The predicted octanol–water partition coefficient (Wildman–Crippen LogP) is 8.19. The largest absolute Gasteiger partial charge is 0.507 e. The summed E-state index contributed by atoms with van der Waals surface area (Å²) in [4.78, 5) is 27.5. The van der Waals surface area contributed by atoms with Crippen LogP contribution >= 0.6 is 0 Å². The van der Waals surface area contributed by atoms with Gasteiger partial charge in [-0.15, -0.1) is 0 Å². The summed E-state index contributed by atoms with van der Waals surface area (Å²) < 4.78 is 0. The van der Waals surface area contributed by atoms with Gasteiger partial charge in [0, 0.05) is 17.7 Å². The van der Waals surface area contributed by atoms with Gasteiger partial charge in [0.05, 0.1) is 17.2 Å². The molecular formula is C38H52N2O4. The van der Waals surface area contributed by atoms with Crippen LogP contribution in [0.15, 0.2) is 54.6 Å². The van der Waals surface area contributed by atoms with E-state index in [0.29, 0.717) is 11.1 Å². The van der Waals surface area contributed by atoms with Crippen LogP contribution in [0, 0.1) is 0 Å². The molecule has 0 aliphatic heterocycles. The second kappa shape index (κ2) is 12.3. The molecule has 4 N–H and O–H groups in total. The lowest BCUT2D eigenvalue weighted by Crippen LogP contribution is -2.38. The zero-order valence-electron chi connectivity index (χ0n) is 28.7. The van der Waals surface area contributed by atoms with E-state index in [4.69, 9.17) is 0 Å². The average Bonchev–Trinajstić information content (AvgIpc) is 2.88. The Morgan fingerprint density at radius 2 is 1.02 bits per heavy atom. The van der Waals surface area contributed by atoms with Crippen LogP contribution in [0.3, 0.4) is 0 Å². The number of amides is 2. The van der Waals surface area contributed by atoms with Crippen molar-refractivity contribution in [1.82, 2.24) is 10.6 Å². The molecule has 0 heterocycles. The molecule has 1 atom stereocenters. The van der Waals surface area contributed by atoms with Gasteiger partial charge in [-0.1, -0.05) is 126 Å². The van der Waals surface area contributed by atoms with E-state index >= 15 is 0 Å². The molecule has 0 radical (unpaired) electrons. The van der Waals surface area contributed by atoms with Gasteiger partial charge in [-0.05, 0) is 50.5 Å². The van der Waals surface area contributed by atoms with E-state index in [1.54, 1.807) is 12.1 Å². The predicted molar refractivity (Wildman–Crippen MR) is 180 cm³/mol. The van der Waals surface area contributed by atoms with Crippen molar-refractivity contribution in [2.75, 3.05) is 6.54 Å². The molecule has 0 aromatic heterocycles. The molecule has 0 saturated carbocycles. The van der Waals surface area contributed by atoms with E-state index in [-0.39, 0.29) is 50.8 Å². The number of benzene rings is 3. The summed E-state index contributed by atoms with van der Waals surface area (Å²) in [6.45, 7) is 24.6. The van der Waals surface area contributed by atoms with Crippen molar-refractivity contribution in [1.29, 1.82) is 0 Å². The number of phenolic OH excluding ortho intramolecular Hbond substituents is 2. The Kier molecular flexibility index (Phi) is 9.70. The van der Waals surface area contributed by atoms with Gasteiger partial charge >= 0.3 is 0 Å². The number of hydrogen-bond donors (Lipinski definition) is 4. The molecule has 6 nitrogen and oxygen atoms in total. The zero-order valence-corrected chi connectivity index (χ0v) is 28.7. The van der Waals surface area contributed by atoms with E-state index in [9.17, 15) is 19.8 Å². The molecule has 3 aromatic rings. The lowest BCUT2D eigenvalue weighted by Gasteiger charge is -2.28. The van der Waals surface area contributed by atoms with Crippen LogP contribution < -0.4 is 10.6 Å². The zero-order chi connectivity index (χ0) is 33.4. The van der Waals surface area contributed by atoms with Gasteiger partial charge in [0.1, 0.15) is 11.5 Å². The maximum Gasteiger partial charge on any atom is 0.255 e. The molecule has 238 valence electrons. The Bertz CT molecular complexity index is 1510. The molecule has 0 unspecified atom stereocenters. The van der Waals surface area contributed by atoms with Crippen molar-refractivity contribution in [3.05, 3.63) is 93.5 Å². The van der Waals surface area contributed by atoms with Gasteiger partial charge in [0.15, 0.2) is 0 Å². The Morgan fingerprint density at radius 1 is 0.614 bits per heavy atom. The summed E-state index contributed by atoms with van der Waals surface area (Å²) in [6, 6.07) is 16.3. The number of phenols is 2. The molecule has 44 heavy (non-hydrogen) atoms. The van der Waals surface area contributed by atoms with Crippen LogP contribution in [0.2, 0.25) is 0 Å². The number of nitrogens with one attached hydrogen (secondary N) is 2. The molecule has 0 saturated heterocycles. The van der Waals surface area contributed by atoms with Gasteiger partial charge in [0.2, 0.25) is 0 Å². The number of rotatable bonds is 6. The minimum absolute atomic E-state index is 0.0399. The molecule has 2 amide bonds. The quantitative estimate of drug-likeness (QED) is 0.229. The first-order chi connectivity index (χ1) is 20.0. The normalized spacial score (nSPS) is 13.4. The molecule has 0 aliphatic carbocycles. The summed E-state index contributed by atoms with van der Waals surface area (Å²) in [5.74, 6) is -0.948. The van der Waals surface area contributed by atoms with E-state index < -0.39 is 17.9 Å². The fraction of sp³-hybridized carbons (Fsp3) is 0.474. The Balaban J connectivity index is 2.01. The highest BCUT2D eigenvalue weighted by atomic mass is 16.3. The fourth-order valence-corrected chi connectivity index (χ4v) is 5.09. The van der Waals surface area contributed by atoms with Gasteiger partial charge in [-0.2, -0.15) is 0 Å².